The van der Waals surface area contributed by atoms with Crippen molar-refractivity contribution in [3.05, 3.63) is 35.3 Å². The molecule has 1 aliphatic heterocycles. The normalized spacial score (nSPS) is 21.8. The van der Waals surface area contributed by atoms with Gasteiger partial charge in [0, 0.05) is 38.8 Å². The van der Waals surface area contributed by atoms with E-state index in [0.29, 0.717) is 25.3 Å². The van der Waals surface area contributed by atoms with Crippen LogP contribution in [0.15, 0.2) is 16.5 Å². The third kappa shape index (κ3) is 2.97. The summed E-state index contributed by atoms with van der Waals surface area (Å²) in [5.41, 5.74) is 0. The molecule has 1 amide bonds. The molecule has 0 bridgehead atoms. The van der Waals surface area contributed by atoms with Crippen molar-refractivity contribution in [2.45, 2.75) is 58.0 Å². The van der Waals surface area contributed by atoms with Crippen molar-refractivity contribution in [1.82, 2.24) is 19.7 Å². The van der Waals surface area contributed by atoms with E-state index in [1.807, 2.05) is 13.1 Å². The maximum Gasteiger partial charge on any atom is 0.223 e. The molecule has 24 heavy (non-hydrogen) atoms. The smallest absolute Gasteiger partial charge is 0.223 e. The summed E-state index contributed by atoms with van der Waals surface area (Å²) >= 11 is 0. The summed E-state index contributed by atoms with van der Waals surface area (Å²) in [6.45, 7) is 3.73. The summed E-state index contributed by atoms with van der Waals surface area (Å²) in [5.74, 6) is 5.37. The second kappa shape index (κ2) is 6.07. The fraction of sp³-hybridized carbons (Fsp3) is 0.611. The molecule has 1 saturated carbocycles. The van der Waals surface area contributed by atoms with Crippen LogP contribution in [0.1, 0.15) is 55.3 Å². The summed E-state index contributed by atoms with van der Waals surface area (Å²) < 4.78 is 8.02. The first-order valence-corrected chi connectivity index (χ1v) is 8.85. The molecular formula is C18H24N4O2. The molecule has 6 heteroatoms. The lowest BCUT2D eigenvalue weighted by atomic mass is 10.2. The van der Waals surface area contributed by atoms with Gasteiger partial charge in [0.15, 0.2) is 5.82 Å². The van der Waals surface area contributed by atoms with Crippen LogP contribution >= 0.6 is 0 Å². The molecule has 6 nitrogen and oxygen atoms in total. The van der Waals surface area contributed by atoms with Gasteiger partial charge < -0.3 is 13.9 Å². The van der Waals surface area contributed by atoms with Crippen LogP contribution in [0.3, 0.4) is 0 Å². The van der Waals surface area contributed by atoms with Gasteiger partial charge in [0.1, 0.15) is 17.3 Å². The van der Waals surface area contributed by atoms with Crippen LogP contribution in [0.2, 0.25) is 0 Å². The number of carbonyl (C=O) groups excluding carboxylic acids is 1. The Labute approximate surface area is 141 Å². The van der Waals surface area contributed by atoms with Crippen LogP contribution in [0.25, 0.3) is 0 Å². The zero-order valence-corrected chi connectivity index (χ0v) is 14.4. The molecule has 128 valence electrons. The zero-order chi connectivity index (χ0) is 16.7. The van der Waals surface area contributed by atoms with Crippen molar-refractivity contribution in [3.8, 4) is 0 Å². The van der Waals surface area contributed by atoms with Gasteiger partial charge in [0.05, 0.1) is 6.54 Å². The van der Waals surface area contributed by atoms with Gasteiger partial charge in [0.25, 0.3) is 0 Å². The van der Waals surface area contributed by atoms with Crippen LogP contribution < -0.4 is 0 Å². The van der Waals surface area contributed by atoms with Gasteiger partial charge in [-0.25, -0.2) is 0 Å². The van der Waals surface area contributed by atoms with Crippen LogP contribution in [0.4, 0.5) is 0 Å². The highest BCUT2D eigenvalue weighted by Gasteiger charge is 2.36. The highest BCUT2D eigenvalue weighted by Crippen LogP contribution is 2.47. The van der Waals surface area contributed by atoms with E-state index in [9.17, 15) is 4.79 Å². The molecule has 2 atom stereocenters. The van der Waals surface area contributed by atoms with Gasteiger partial charge in [0.2, 0.25) is 5.91 Å². The van der Waals surface area contributed by atoms with E-state index in [4.69, 9.17) is 4.42 Å². The van der Waals surface area contributed by atoms with Crippen LogP contribution in [0, 0.1) is 5.92 Å². The molecule has 0 saturated heterocycles. The molecular weight excluding hydrogens is 304 g/mol. The van der Waals surface area contributed by atoms with Crippen molar-refractivity contribution in [1.29, 1.82) is 0 Å². The van der Waals surface area contributed by atoms with Crippen LogP contribution in [-0.2, 0) is 30.7 Å². The quantitative estimate of drug-likeness (QED) is 0.817. The molecule has 0 unspecified atom stereocenters. The molecule has 0 radical (unpaired) electrons. The first-order chi connectivity index (χ1) is 11.6. The van der Waals surface area contributed by atoms with E-state index in [-0.39, 0.29) is 5.91 Å². The van der Waals surface area contributed by atoms with Gasteiger partial charge in [-0.15, -0.1) is 10.2 Å². The average Bonchev–Trinajstić information content (AvgIpc) is 3.00. The van der Waals surface area contributed by atoms with E-state index in [0.717, 1.165) is 48.5 Å². The minimum atomic E-state index is 0.114. The summed E-state index contributed by atoms with van der Waals surface area (Å²) in [7, 11) is 1.83. The molecule has 2 aromatic rings. The van der Waals surface area contributed by atoms with Crippen molar-refractivity contribution in [3.63, 3.8) is 0 Å². The number of amides is 1. The SMILES string of the molecule is C[C@@H]1C[C@H]1c1ccc(CCC(=O)N(C)Cc2nnc3n2CCC3)o1. The van der Waals surface area contributed by atoms with Gasteiger partial charge >= 0.3 is 0 Å². The number of rotatable bonds is 6. The maximum atomic E-state index is 12.4. The van der Waals surface area contributed by atoms with E-state index in [1.54, 1.807) is 4.90 Å². The Morgan fingerprint density at radius 2 is 2.25 bits per heavy atom. The predicted molar refractivity (Wildman–Crippen MR) is 88.4 cm³/mol. The molecule has 2 aromatic heterocycles. The third-order valence-corrected chi connectivity index (χ3v) is 5.23. The first-order valence-electron chi connectivity index (χ1n) is 8.85. The van der Waals surface area contributed by atoms with E-state index in [2.05, 4.69) is 27.8 Å². The molecule has 2 aliphatic rings. The van der Waals surface area contributed by atoms with Crippen LogP contribution in [0.5, 0.6) is 0 Å². The van der Waals surface area contributed by atoms with Crippen molar-refractivity contribution in [2.24, 2.45) is 5.92 Å². The first kappa shape index (κ1) is 15.4. The number of aromatic nitrogens is 3. The monoisotopic (exact) mass is 328 g/mol. The Morgan fingerprint density at radius 3 is 3.04 bits per heavy atom. The Morgan fingerprint density at radius 1 is 1.42 bits per heavy atom. The number of furan rings is 1. The number of fused-ring (bicyclic) bond motifs is 1. The summed E-state index contributed by atoms with van der Waals surface area (Å²) in [6.07, 6.45) is 4.45. The number of nitrogens with zero attached hydrogens (tertiary/aromatic N) is 4. The second-order valence-electron chi connectivity index (χ2n) is 7.16. The maximum absolute atomic E-state index is 12.4. The summed E-state index contributed by atoms with van der Waals surface area (Å²) in [6, 6.07) is 4.08. The molecule has 1 aliphatic carbocycles. The lowest BCUT2D eigenvalue weighted by Gasteiger charge is -2.16. The topological polar surface area (TPSA) is 64.2 Å². The Kier molecular flexibility index (Phi) is 3.90. The molecule has 0 aromatic carbocycles. The van der Waals surface area contributed by atoms with E-state index < -0.39 is 0 Å². The van der Waals surface area contributed by atoms with Gasteiger partial charge in [-0.1, -0.05) is 6.92 Å². The minimum absolute atomic E-state index is 0.114. The standard InChI is InChI=1S/C18H24N4O2/c1-12-10-14(12)15-7-5-13(24-15)6-8-18(23)21(2)11-17-20-19-16-4-3-9-22(16)17/h5,7,12,14H,3-4,6,8-11H2,1-2H3/t12-,14-/m1/s1. The van der Waals surface area contributed by atoms with E-state index >= 15 is 0 Å². The highest BCUT2D eigenvalue weighted by molar-refractivity contribution is 5.76. The molecule has 0 N–H and O–H groups in total. The van der Waals surface area contributed by atoms with Crippen molar-refractivity contribution >= 4 is 5.91 Å². The van der Waals surface area contributed by atoms with Gasteiger partial charge in [-0.2, -0.15) is 0 Å². The van der Waals surface area contributed by atoms with E-state index in [1.165, 1.54) is 6.42 Å². The number of aryl methyl sites for hydroxylation is 2. The van der Waals surface area contributed by atoms with Gasteiger partial charge in [-0.3, -0.25) is 4.79 Å². The molecule has 4 rings (SSSR count). The average molecular weight is 328 g/mol. The second-order valence-corrected chi connectivity index (χ2v) is 7.16. The molecule has 0 spiro atoms. The third-order valence-electron chi connectivity index (χ3n) is 5.23. The Hall–Kier alpha value is -2.11. The zero-order valence-electron chi connectivity index (χ0n) is 14.4. The summed E-state index contributed by atoms with van der Waals surface area (Å²) in [5, 5.41) is 8.41. The lowest BCUT2D eigenvalue weighted by Crippen LogP contribution is -2.27. The molecule has 1 fully saturated rings. The number of hydrogen-bond acceptors (Lipinski definition) is 4. The number of carbonyl (C=O) groups is 1. The van der Waals surface area contributed by atoms with Gasteiger partial charge in [-0.05, 0) is 30.9 Å². The van der Waals surface area contributed by atoms with Crippen molar-refractivity contribution in [2.75, 3.05) is 7.05 Å². The lowest BCUT2D eigenvalue weighted by molar-refractivity contribution is -0.130. The Balaban J connectivity index is 1.30. The number of hydrogen-bond donors (Lipinski definition) is 0. The highest BCUT2D eigenvalue weighted by atomic mass is 16.3. The minimum Gasteiger partial charge on any atom is -0.466 e. The fourth-order valence-electron chi connectivity index (χ4n) is 3.50. The van der Waals surface area contributed by atoms with Crippen LogP contribution in [-0.4, -0.2) is 32.6 Å². The largest absolute Gasteiger partial charge is 0.466 e. The molecule has 3 heterocycles. The summed E-state index contributed by atoms with van der Waals surface area (Å²) in [4.78, 5) is 14.1. The fourth-order valence-corrected chi connectivity index (χ4v) is 3.50. The van der Waals surface area contributed by atoms with Crippen molar-refractivity contribution < 1.29 is 9.21 Å². The predicted octanol–water partition coefficient (Wildman–Crippen LogP) is 2.53. The Bertz CT molecular complexity index is 748.